The molecule has 2 aromatic heterocycles. The highest BCUT2D eigenvalue weighted by atomic mass is 16.2. The van der Waals surface area contributed by atoms with Gasteiger partial charge in [0, 0.05) is 17.1 Å². The lowest BCUT2D eigenvalue weighted by Crippen LogP contribution is -2.15. The number of aryl methyl sites for hydroxylation is 1. The lowest BCUT2D eigenvalue weighted by Gasteiger charge is -2.12. The zero-order valence-electron chi connectivity index (χ0n) is 15.1. The average molecular weight is 374 g/mol. The van der Waals surface area contributed by atoms with E-state index < -0.39 is 5.91 Å². The van der Waals surface area contributed by atoms with E-state index in [-0.39, 0.29) is 11.6 Å². The van der Waals surface area contributed by atoms with Crippen molar-refractivity contribution in [2.45, 2.75) is 13.3 Å². The van der Waals surface area contributed by atoms with E-state index in [1.807, 2.05) is 25.1 Å². The summed E-state index contributed by atoms with van der Waals surface area (Å²) in [4.78, 5) is 24.2. The Labute approximate surface area is 160 Å². The van der Waals surface area contributed by atoms with E-state index in [9.17, 15) is 9.59 Å². The average Bonchev–Trinajstić information content (AvgIpc) is 3.37. The van der Waals surface area contributed by atoms with Gasteiger partial charge < -0.3 is 11.1 Å². The van der Waals surface area contributed by atoms with Crippen molar-refractivity contribution >= 4 is 28.4 Å². The Kier molecular flexibility index (Phi) is 4.36. The van der Waals surface area contributed by atoms with E-state index in [1.54, 1.807) is 30.6 Å². The Morgan fingerprint density at radius 3 is 2.79 bits per heavy atom. The van der Waals surface area contributed by atoms with Crippen LogP contribution in [0.2, 0.25) is 0 Å². The van der Waals surface area contributed by atoms with Crippen molar-refractivity contribution in [3.8, 4) is 5.69 Å². The molecule has 2 aromatic carbocycles. The van der Waals surface area contributed by atoms with Gasteiger partial charge in [-0.3, -0.25) is 14.7 Å². The largest absolute Gasteiger partial charge is 0.364 e. The molecule has 0 atom stereocenters. The summed E-state index contributed by atoms with van der Waals surface area (Å²) < 4.78 is 1.51. The van der Waals surface area contributed by atoms with E-state index in [0.717, 1.165) is 22.9 Å². The maximum Gasteiger partial charge on any atom is 0.269 e. The summed E-state index contributed by atoms with van der Waals surface area (Å²) in [5.41, 5.74) is 9.12. The second-order valence-corrected chi connectivity index (χ2v) is 6.30. The van der Waals surface area contributed by atoms with Gasteiger partial charge in [-0.1, -0.05) is 19.1 Å². The van der Waals surface area contributed by atoms with Crippen molar-refractivity contribution < 1.29 is 9.59 Å². The van der Waals surface area contributed by atoms with Crippen LogP contribution in [0, 0.1) is 0 Å². The summed E-state index contributed by atoms with van der Waals surface area (Å²) in [5, 5.41) is 15.0. The molecule has 0 radical (unpaired) electrons. The van der Waals surface area contributed by atoms with E-state index in [4.69, 9.17) is 5.73 Å². The smallest absolute Gasteiger partial charge is 0.269 e. The van der Waals surface area contributed by atoms with Crippen LogP contribution in [-0.4, -0.2) is 31.8 Å². The quantitative estimate of drug-likeness (QED) is 0.497. The molecule has 8 nitrogen and oxygen atoms in total. The number of carbonyl (C=O) groups excluding carboxylic acids is 2. The SMILES string of the molecule is CCc1cc(C(=O)Nc2ccccc2-n2ccc(C(N)=O)n2)cc2cn[nH]c12. The number of fused-ring (bicyclic) bond motifs is 1. The molecule has 2 heterocycles. The number of primary amides is 1. The highest BCUT2D eigenvalue weighted by Crippen LogP contribution is 2.23. The molecule has 4 N–H and O–H groups in total. The van der Waals surface area contributed by atoms with E-state index in [2.05, 4.69) is 20.6 Å². The van der Waals surface area contributed by atoms with Crippen molar-refractivity contribution in [1.82, 2.24) is 20.0 Å². The minimum Gasteiger partial charge on any atom is -0.364 e. The van der Waals surface area contributed by atoms with Crippen molar-refractivity contribution in [1.29, 1.82) is 0 Å². The van der Waals surface area contributed by atoms with Gasteiger partial charge in [0.15, 0.2) is 0 Å². The van der Waals surface area contributed by atoms with Crippen molar-refractivity contribution in [3.05, 3.63) is 71.7 Å². The van der Waals surface area contributed by atoms with Crippen LogP contribution in [-0.2, 0) is 6.42 Å². The molecule has 140 valence electrons. The molecule has 4 aromatic rings. The van der Waals surface area contributed by atoms with E-state index in [0.29, 0.717) is 16.9 Å². The van der Waals surface area contributed by atoms with Crippen LogP contribution in [0.15, 0.2) is 54.9 Å². The number of para-hydroxylation sites is 2. The van der Waals surface area contributed by atoms with Crippen LogP contribution in [0.1, 0.15) is 33.3 Å². The minimum atomic E-state index is -0.610. The number of H-pyrrole nitrogens is 1. The van der Waals surface area contributed by atoms with Gasteiger partial charge in [0.1, 0.15) is 5.69 Å². The van der Waals surface area contributed by atoms with Gasteiger partial charge in [0.25, 0.3) is 11.8 Å². The number of nitrogens with one attached hydrogen (secondary N) is 2. The Bertz CT molecular complexity index is 1190. The first-order valence-electron chi connectivity index (χ1n) is 8.79. The Hall–Kier alpha value is -3.94. The maximum atomic E-state index is 12.9. The molecule has 0 spiro atoms. The predicted octanol–water partition coefficient (Wildman–Crippen LogP) is 2.66. The molecule has 8 heteroatoms. The van der Waals surface area contributed by atoms with Crippen LogP contribution in [0.25, 0.3) is 16.6 Å². The number of amides is 2. The second-order valence-electron chi connectivity index (χ2n) is 6.30. The number of nitrogens with zero attached hydrogens (tertiary/aromatic N) is 3. The van der Waals surface area contributed by atoms with Crippen LogP contribution >= 0.6 is 0 Å². The molecule has 2 amide bonds. The van der Waals surface area contributed by atoms with E-state index >= 15 is 0 Å². The first-order valence-corrected chi connectivity index (χ1v) is 8.79. The van der Waals surface area contributed by atoms with Gasteiger partial charge >= 0.3 is 0 Å². The zero-order chi connectivity index (χ0) is 19.7. The van der Waals surface area contributed by atoms with Gasteiger partial charge in [0.05, 0.1) is 23.1 Å². The van der Waals surface area contributed by atoms with Gasteiger partial charge in [-0.05, 0) is 42.3 Å². The number of aromatic amines is 1. The topological polar surface area (TPSA) is 119 Å². The molecular formula is C20H18N6O2. The molecule has 0 aliphatic carbocycles. The summed E-state index contributed by atoms with van der Waals surface area (Å²) in [6.07, 6.45) is 4.10. The number of carbonyl (C=O) groups is 2. The molecule has 28 heavy (non-hydrogen) atoms. The fourth-order valence-electron chi connectivity index (χ4n) is 3.10. The fourth-order valence-corrected chi connectivity index (χ4v) is 3.10. The first kappa shape index (κ1) is 17.5. The molecule has 4 rings (SSSR count). The van der Waals surface area contributed by atoms with Crippen LogP contribution < -0.4 is 11.1 Å². The Balaban J connectivity index is 1.68. The molecule has 0 bridgehead atoms. The maximum absolute atomic E-state index is 12.9. The number of nitrogens with two attached hydrogens (primary N) is 1. The molecule has 0 aliphatic heterocycles. The highest BCUT2D eigenvalue weighted by Gasteiger charge is 2.14. The van der Waals surface area contributed by atoms with Crippen molar-refractivity contribution in [2.24, 2.45) is 5.73 Å². The molecule has 0 aliphatic rings. The molecule has 0 fully saturated rings. The molecule has 0 saturated heterocycles. The Morgan fingerprint density at radius 2 is 2.04 bits per heavy atom. The van der Waals surface area contributed by atoms with Gasteiger partial charge in [0.2, 0.25) is 0 Å². The Morgan fingerprint density at radius 1 is 1.21 bits per heavy atom. The van der Waals surface area contributed by atoms with Gasteiger partial charge in [-0.15, -0.1) is 0 Å². The first-order chi connectivity index (χ1) is 13.6. The van der Waals surface area contributed by atoms with Gasteiger partial charge in [-0.2, -0.15) is 10.2 Å². The third-order valence-corrected chi connectivity index (χ3v) is 4.51. The predicted molar refractivity (Wildman–Crippen MR) is 106 cm³/mol. The summed E-state index contributed by atoms with van der Waals surface area (Å²) in [6.45, 7) is 2.03. The summed E-state index contributed by atoms with van der Waals surface area (Å²) in [6, 6.07) is 12.4. The van der Waals surface area contributed by atoms with Crippen LogP contribution in [0.3, 0.4) is 0 Å². The second kappa shape index (κ2) is 6.99. The third-order valence-electron chi connectivity index (χ3n) is 4.51. The fraction of sp³-hybridized carbons (Fsp3) is 0.100. The van der Waals surface area contributed by atoms with Crippen molar-refractivity contribution in [3.63, 3.8) is 0 Å². The lowest BCUT2D eigenvalue weighted by atomic mass is 10.0. The highest BCUT2D eigenvalue weighted by molar-refractivity contribution is 6.07. The minimum absolute atomic E-state index is 0.152. The normalized spacial score (nSPS) is 10.9. The zero-order valence-corrected chi connectivity index (χ0v) is 15.1. The summed E-state index contributed by atoms with van der Waals surface area (Å²) >= 11 is 0. The van der Waals surface area contributed by atoms with Crippen molar-refractivity contribution in [2.75, 3.05) is 5.32 Å². The molecule has 0 saturated carbocycles. The van der Waals surface area contributed by atoms with E-state index in [1.165, 1.54) is 10.7 Å². The third kappa shape index (κ3) is 3.11. The number of hydrogen-bond acceptors (Lipinski definition) is 4. The summed E-state index contributed by atoms with van der Waals surface area (Å²) in [7, 11) is 0. The van der Waals surface area contributed by atoms with Crippen LogP contribution in [0.5, 0.6) is 0 Å². The number of aromatic nitrogens is 4. The number of hydrogen-bond donors (Lipinski definition) is 3. The van der Waals surface area contributed by atoms with Gasteiger partial charge in [-0.25, -0.2) is 4.68 Å². The number of anilines is 1. The molecule has 0 unspecified atom stereocenters. The lowest BCUT2D eigenvalue weighted by molar-refractivity contribution is 0.0992. The van der Waals surface area contributed by atoms with Crippen LogP contribution in [0.4, 0.5) is 5.69 Å². The monoisotopic (exact) mass is 374 g/mol. The summed E-state index contributed by atoms with van der Waals surface area (Å²) in [5.74, 6) is -0.853. The molecular weight excluding hydrogens is 356 g/mol. The standard InChI is InChI=1S/C20H18N6O2/c1-2-12-9-13(10-14-11-22-24-18(12)14)20(28)23-15-5-3-4-6-17(15)26-8-7-16(25-26)19(21)27/h3-11H,2H2,1H3,(H2,21,27)(H,22,24)(H,23,28). The number of rotatable bonds is 5. The number of benzene rings is 2.